The van der Waals surface area contributed by atoms with E-state index >= 15 is 0 Å². The van der Waals surface area contributed by atoms with Crippen molar-refractivity contribution in [2.24, 2.45) is 0 Å². The average Bonchev–Trinajstić information content (AvgIpc) is 2.74. The fourth-order valence-electron chi connectivity index (χ4n) is 3.45. The number of halogens is 1. The Morgan fingerprint density at radius 2 is 1.82 bits per heavy atom. The van der Waals surface area contributed by atoms with Crippen LogP contribution in [0.5, 0.6) is 0 Å². The van der Waals surface area contributed by atoms with Crippen LogP contribution in [0.1, 0.15) is 67.8 Å². The van der Waals surface area contributed by atoms with E-state index in [0.29, 0.717) is 11.1 Å². The number of nitrogens with one attached hydrogen (secondary N) is 2. The molecule has 0 radical (unpaired) electrons. The van der Waals surface area contributed by atoms with Crippen molar-refractivity contribution in [1.29, 1.82) is 0 Å². The topological polar surface area (TPSA) is 88.2 Å². The van der Waals surface area contributed by atoms with Crippen LogP contribution in [0.4, 0.5) is 10.1 Å². The number of aromatic nitrogens is 1. The van der Waals surface area contributed by atoms with Gasteiger partial charge in [-0.1, -0.05) is 32.9 Å². The van der Waals surface area contributed by atoms with E-state index in [4.69, 9.17) is 0 Å². The summed E-state index contributed by atoms with van der Waals surface area (Å²) in [6.07, 6.45) is 0. The third kappa shape index (κ3) is 5.68. The smallest absolute Gasteiger partial charge is 0.270 e. The molecule has 8 heteroatoms. The Morgan fingerprint density at radius 1 is 1.12 bits per heavy atom. The molecule has 6 nitrogen and oxygen atoms in total. The van der Waals surface area contributed by atoms with Crippen molar-refractivity contribution in [3.8, 4) is 0 Å². The van der Waals surface area contributed by atoms with E-state index in [9.17, 15) is 17.6 Å². The van der Waals surface area contributed by atoms with Gasteiger partial charge in [-0.3, -0.25) is 9.52 Å². The molecule has 0 bridgehead atoms. The average molecular weight is 472 g/mol. The minimum absolute atomic E-state index is 0.00761. The molecule has 2 N–H and O–H groups in total. The van der Waals surface area contributed by atoms with Crippen molar-refractivity contribution >= 4 is 32.5 Å². The fourth-order valence-corrected chi connectivity index (χ4v) is 4.15. The number of aryl methyl sites for hydroxylation is 1. The summed E-state index contributed by atoms with van der Waals surface area (Å²) in [7, 11) is -3.52. The monoisotopic (exact) mass is 471 g/mol. The summed E-state index contributed by atoms with van der Waals surface area (Å²) in [4.78, 5) is 17.3. The number of pyridine rings is 1. The fraction of sp³-hybridized carbons (Fsp3) is 0.360. The maximum atomic E-state index is 14.8. The van der Waals surface area contributed by atoms with Crippen LogP contribution in [0, 0.1) is 12.7 Å². The lowest BCUT2D eigenvalue weighted by molar-refractivity contribution is 0.0934. The van der Waals surface area contributed by atoms with Gasteiger partial charge in [-0.25, -0.2) is 17.8 Å². The molecule has 176 valence electrons. The molecule has 0 saturated carbocycles. The second-order valence-electron chi connectivity index (χ2n) is 9.24. The molecule has 1 aromatic heterocycles. The number of hydrogen-bond acceptors (Lipinski definition) is 4. The largest absolute Gasteiger partial charge is 0.344 e. The molecule has 0 aliphatic heterocycles. The van der Waals surface area contributed by atoms with Crippen LogP contribution in [0.25, 0.3) is 10.9 Å². The zero-order chi connectivity index (χ0) is 24.6. The summed E-state index contributed by atoms with van der Waals surface area (Å²) < 4.78 is 40.8. The van der Waals surface area contributed by atoms with Crippen LogP contribution in [0.3, 0.4) is 0 Å². The summed E-state index contributed by atoms with van der Waals surface area (Å²) in [6, 6.07) is 11.5. The summed E-state index contributed by atoms with van der Waals surface area (Å²) >= 11 is 0. The number of sulfonamides is 1. The summed E-state index contributed by atoms with van der Waals surface area (Å²) in [5.74, 6) is -1.14. The standard InChI is InChI=1S/C25H30FN3O3S/c1-7-33(31,32)29-23-14-20(26)19(12-15(23)2)16(3)27-24(30)22-10-8-17-13-18(25(4,5)6)9-11-21(17)28-22/h8-14,16,29H,7H2,1-6H3,(H,27,30)/t16-/m1/s1. The van der Waals surface area contributed by atoms with E-state index < -0.39 is 27.8 Å². The molecule has 0 spiro atoms. The van der Waals surface area contributed by atoms with Crippen LogP contribution in [0.2, 0.25) is 0 Å². The van der Waals surface area contributed by atoms with Gasteiger partial charge >= 0.3 is 0 Å². The molecule has 1 amide bonds. The molecule has 0 aliphatic carbocycles. The number of hydrogen-bond donors (Lipinski definition) is 2. The highest BCUT2D eigenvalue weighted by Crippen LogP contribution is 2.27. The van der Waals surface area contributed by atoms with Gasteiger partial charge in [0.25, 0.3) is 5.91 Å². The minimum Gasteiger partial charge on any atom is -0.344 e. The van der Waals surface area contributed by atoms with Gasteiger partial charge in [0.15, 0.2) is 0 Å². The van der Waals surface area contributed by atoms with Crippen molar-refractivity contribution in [3.05, 3.63) is 70.7 Å². The molecule has 2 aromatic carbocycles. The van der Waals surface area contributed by atoms with Gasteiger partial charge < -0.3 is 5.32 Å². The van der Waals surface area contributed by atoms with Gasteiger partial charge in [-0.15, -0.1) is 0 Å². The number of anilines is 1. The quantitative estimate of drug-likeness (QED) is 0.515. The number of carbonyl (C=O) groups excluding carboxylic acids is 1. The van der Waals surface area contributed by atoms with Crippen LogP contribution < -0.4 is 10.0 Å². The van der Waals surface area contributed by atoms with Crippen LogP contribution in [0.15, 0.2) is 42.5 Å². The highest BCUT2D eigenvalue weighted by molar-refractivity contribution is 7.92. The molecular formula is C25H30FN3O3S. The number of benzene rings is 2. The molecule has 1 atom stereocenters. The first kappa shape index (κ1) is 24.6. The second-order valence-corrected chi connectivity index (χ2v) is 11.3. The highest BCUT2D eigenvalue weighted by Gasteiger charge is 2.20. The molecule has 0 aliphatic rings. The lowest BCUT2D eigenvalue weighted by Crippen LogP contribution is -2.28. The first-order valence-corrected chi connectivity index (χ1v) is 12.5. The molecule has 3 rings (SSSR count). The van der Waals surface area contributed by atoms with E-state index in [2.05, 4.69) is 41.9 Å². The van der Waals surface area contributed by atoms with Crippen LogP contribution >= 0.6 is 0 Å². The van der Waals surface area contributed by atoms with Crippen molar-refractivity contribution in [2.45, 2.75) is 53.0 Å². The predicted octanol–water partition coefficient (Wildman–Crippen LogP) is 5.23. The van der Waals surface area contributed by atoms with Gasteiger partial charge in [0.2, 0.25) is 10.0 Å². The van der Waals surface area contributed by atoms with Gasteiger partial charge in [0, 0.05) is 10.9 Å². The third-order valence-corrected chi connectivity index (χ3v) is 6.88. The van der Waals surface area contributed by atoms with E-state index in [-0.39, 0.29) is 28.1 Å². The molecule has 3 aromatic rings. The Labute approximate surface area is 194 Å². The van der Waals surface area contributed by atoms with Crippen molar-refractivity contribution in [2.75, 3.05) is 10.5 Å². The minimum atomic E-state index is -3.52. The van der Waals surface area contributed by atoms with Crippen molar-refractivity contribution in [3.63, 3.8) is 0 Å². The molecule has 0 fully saturated rings. The second kappa shape index (κ2) is 9.09. The normalized spacial score (nSPS) is 13.1. The van der Waals surface area contributed by atoms with E-state index in [1.54, 1.807) is 19.9 Å². The Kier molecular flexibility index (Phi) is 6.79. The highest BCUT2D eigenvalue weighted by atomic mass is 32.2. The van der Waals surface area contributed by atoms with Gasteiger partial charge in [0.1, 0.15) is 11.5 Å². The number of amides is 1. The number of fused-ring (bicyclic) bond motifs is 1. The zero-order valence-electron chi connectivity index (χ0n) is 19.8. The van der Waals surface area contributed by atoms with E-state index in [0.717, 1.165) is 11.5 Å². The number of nitrogens with zero attached hydrogens (tertiary/aromatic N) is 1. The summed E-state index contributed by atoms with van der Waals surface area (Å²) in [6.45, 7) is 11.3. The Balaban J connectivity index is 1.81. The molecular weight excluding hydrogens is 441 g/mol. The first-order chi connectivity index (χ1) is 15.3. The molecule has 33 heavy (non-hydrogen) atoms. The van der Waals surface area contributed by atoms with Crippen molar-refractivity contribution < 1.29 is 17.6 Å². The maximum Gasteiger partial charge on any atom is 0.270 e. The van der Waals surface area contributed by atoms with Crippen molar-refractivity contribution in [1.82, 2.24) is 10.3 Å². The van der Waals surface area contributed by atoms with Crippen LogP contribution in [-0.4, -0.2) is 25.1 Å². The van der Waals surface area contributed by atoms with E-state index in [1.165, 1.54) is 18.6 Å². The molecule has 1 heterocycles. The van der Waals surface area contributed by atoms with Gasteiger partial charge in [0.05, 0.1) is 23.0 Å². The molecule has 0 unspecified atom stereocenters. The Bertz CT molecular complexity index is 1310. The predicted molar refractivity (Wildman–Crippen MR) is 131 cm³/mol. The van der Waals surface area contributed by atoms with E-state index in [1.807, 2.05) is 18.2 Å². The summed E-state index contributed by atoms with van der Waals surface area (Å²) in [5.41, 5.74) is 3.13. The van der Waals surface area contributed by atoms with Gasteiger partial charge in [-0.05, 0) is 67.6 Å². The first-order valence-electron chi connectivity index (χ1n) is 10.8. The third-order valence-electron chi connectivity index (χ3n) is 5.59. The Hall–Kier alpha value is -3.00. The van der Waals surface area contributed by atoms with Gasteiger partial charge in [-0.2, -0.15) is 0 Å². The maximum absolute atomic E-state index is 14.8. The lowest BCUT2D eigenvalue weighted by atomic mass is 9.86. The summed E-state index contributed by atoms with van der Waals surface area (Å²) in [5, 5.41) is 3.72. The molecule has 0 saturated heterocycles. The zero-order valence-corrected chi connectivity index (χ0v) is 20.6. The Morgan fingerprint density at radius 3 is 2.45 bits per heavy atom. The number of rotatable bonds is 6. The van der Waals surface area contributed by atoms with Crippen LogP contribution in [-0.2, 0) is 15.4 Å². The SMILES string of the molecule is CCS(=O)(=O)Nc1cc(F)c([C@@H](C)NC(=O)c2ccc3cc(C(C)(C)C)ccc3n2)cc1C. The number of carbonyl (C=O) groups is 1. The lowest BCUT2D eigenvalue weighted by Gasteiger charge is -2.19.